The highest BCUT2D eigenvalue weighted by atomic mass is 32.1. The van der Waals surface area contributed by atoms with Gasteiger partial charge in [0.2, 0.25) is 0 Å². The first-order chi connectivity index (χ1) is 14.7. The summed E-state index contributed by atoms with van der Waals surface area (Å²) in [4.78, 5) is 29.4. The zero-order valence-electron chi connectivity index (χ0n) is 16.6. The summed E-state index contributed by atoms with van der Waals surface area (Å²) in [5.41, 5.74) is 2.44. The van der Waals surface area contributed by atoms with Crippen molar-refractivity contribution in [3.63, 3.8) is 0 Å². The van der Waals surface area contributed by atoms with Gasteiger partial charge in [0, 0.05) is 17.5 Å². The molecule has 0 N–H and O–H groups in total. The van der Waals surface area contributed by atoms with Gasteiger partial charge in [-0.1, -0.05) is 60.2 Å². The standard InChI is InChI=1S/C22H19F3N2O3S/c1-15-7-9-17(10-8-15)20-26-18(13-31-20)21(29)30-12-19(28)27(14-22(23,24)25)11-16-5-3-2-4-6-16/h2-10,13H,11-12,14H2,1H3. The second-order valence-electron chi connectivity index (χ2n) is 6.83. The van der Waals surface area contributed by atoms with E-state index < -0.39 is 31.2 Å². The van der Waals surface area contributed by atoms with E-state index in [1.165, 1.54) is 16.7 Å². The van der Waals surface area contributed by atoms with Gasteiger partial charge in [0.05, 0.1) is 0 Å². The van der Waals surface area contributed by atoms with E-state index in [9.17, 15) is 22.8 Å². The van der Waals surface area contributed by atoms with E-state index in [2.05, 4.69) is 4.98 Å². The number of thiazole rings is 1. The number of carbonyl (C=O) groups excluding carboxylic acids is 2. The molecule has 0 aliphatic rings. The highest BCUT2D eigenvalue weighted by molar-refractivity contribution is 7.13. The maximum atomic E-state index is 12.9. The smallest absolute Gasteiger partial charge is 0.406 e. The number of aromatic nitrogens is 1. The number of nitrogens with zero attached hydrogens (tertiary/aromatic N) is 2. The molecule has 0 aliphatic carbocycles. The van der Waals surface area contributed by atoms with E-state index in [1.54, 1.807) is 30.3 Å². The molecule has 0 fully saturated rings. The summed E-state index contributed by atoms with van der Waals surface area (Å²) >= 11 is 1.23. The Labute approximate surface area is 181 Å². The summed E-state index contributed by atoms with van der Waals surface area (Å²) < 4.78 is 43.7. The maximum Gasteiger partial charge on any atom is 0.406 e. The molecular weight excluding hydrogens is 429 g/mol. The second-order valence-corrected chi connectivity index (χ2v) is 7.69. The van der Waals surface area contributed by atoms with Crippen LogP contribution in [0.4, 0.5) is 13.2 Å². The Bertz CT molecular complexity index is 1030. The lowest BCUT2D eigenvalue weighted by molar-refractivity contribution is -0.164. The largest absolute Gasteiger partial charge is 0.451 e. The fraction of sp³-hybridized carbons (Fsp3) is 0.227. The number of hydrogen-bond donors (Lipinski definition) is 0. The molecule has 3 aromatic rings. The van der Waals surface area contributed by atoms with Gasteiger partial charge in [0.1, 0.15) is 11.6 Å². The molecule has 0 saturated carbocycles. The first-order valence-electron chi connectivity index (χ1n) is 9.29. The van der Waals surface area contributed by atoms with E-state index in [0.29, 0.717) is 15.5 Å². The molecule has 0 aliphatic heterocycles. The molecule has 0 bridgehead atoms. The van der Waals surface area contributed by atoms with Crippen LogP contribution in [0.2, 0.25) is 0 Å². The Morgan fingerprint density at radius 2 is 1.74 bits per heavy atom. The minimum absolute atomic E-state index is 0.00111. The third-order valence-electron chi connectivity index (χ3n) is 4.28. The van der Waals surface area contributed by atoms with E-state index in [4.69, 9.17) is 4.74 Å². The number of benzene rings is 2. The maximum absolute atomic E-state index is 12.9. The van der Waals surface area contributed by atoms with Crippen LogP contribution in [-0.2, 0) is 16.1 Å². The number of amides is 1. The van der Waals surface area contributed by atoms with Crippen LogP contribution in [0, 0.1) is 6.92 Å². The normalized spacial score (nSPS) is 11.2. The minimum Gasteiger partial charge on any atom is -0.451 e. The predicted octanol–water partition coefficient (Wildman–Crippen LogP) is 4.87. The van der Waals surface area contributed by atoms with Crippen LogP contribution in [0.5, 0.6) is 0 Å². The monoisotopic (exact) mass is 448 g/mol. The predicted molar refractivity (Wildman–Crippen MR) is 110 cm³/mol. The average Bonchev–Trinajstić information content (AvgIpc) is 3.22. The van der Waals surface area contributed by atoms with Gasteiger partial charge in [0.15, 0.2) is 12.3 Å². The molecule has 1 amide bonds. The highest BCUT2D eigenvalue weighted by Gasteiger charge is 2.33. The van der Waals surface area contributed by atoms with Crippen molar-refractivity contribution in [2.24, 2.45) is 0 Å². The number of hydrogen-bond acceptors (Lipinski definition) is 5. The topological polar surface area (TPSA) is 59.5 Å². The summed E-state index contributed by atoms with van der Waals surface area (Å²) in [7, 11) is 0. The van der Waals surface area contributed by atoms with Crippen LogP contribution in [0.3, 0.4) is 0 Å². The van der Waals surface area contributed by atoms with Crippen LogP contribution in [-0.4, -0.2) is 41.1 Å². The van der Waals surface area contributed by atoms with Crippen molar-refractivity contribution in [1.82, 2.24) is 9.88 Å². The number of aryl methyl sites for hydroxylation is 1. The Morgan fingerprint density at radius 3 is 2.39 bits per heavy atom. The Kier molecular flexibility index (Phi) is 7.06. The van der Waals surface area contributed by atoms with Crippen LogP contribution in [0.1, 0.15) is 21.6 Å². The highest BCUT2D eigenvalue weighted by Crippen LogP contribution is 2.24. The molecule has 1 aromatic heterocycles. The van der Waals surface area contributed by atoms with Crippen LogP contribution < -0.4 is 0 Å². The SMILES string of the molecule is Cc1ccc(-c2nc(C(=O)OCC(=O)N(Cc3ccccc3)CC(F)(F)F)cs2)cc1. The number of ether oxygens (including phenoxy) is 1. The first kappa shape index (κ1) is 22.5. The Hall–Kier alpha value is -3.20. The molecule has 0 unspecified atom stereocenters. The van der Waals surface area contributed by atoms with Gasteiger partial charge < -0.3 is 9.64 Å². The molecule has 162 valence electrons. The van der Waals surface area contributed by atoms with Crippen molar-refractivity contribution in [2.45, 2.75) is 19.6 Å². The lowest BCUT2D eigenvalue weighted by atomic mass is 10.2. The third kappa shape index (κ3) is 6.65. The Balaban J connectivity index is 1.63. The summed E-state index contributed by atoms with van der Waals surface area (Å²) in [6, 6.07) is 15.8. The minimum atomic E-state index is -4.58. The molecule has 3 rings (SSSR count). The number of alkyl halides is 3. The number of carbonyl (C=O) groups is 2. The van der Waals surface area contributed by atoms with Gasteiger partial charge in [-0.15, -0.1) is 11.3 Å². The molecule has 0 radical (unpaired) electrons. The fourth-order valence-electron chi connectivity index (χ4n) is 2.74. The van der Waals surface area contributed by atoms with Gasteiger partial charge in [-0.05, 0) is 12.5 Å². The second kappa shape index (κ2) is 9.74. The van der Waals surface area contributed by atoms with Crippen LogP contribution >= 0.6 is 11.3 Å². The number of halogens is 3. The van der Waals surface area contributed by atoms with Crippen molar-refractivity contribution in [3.05, 3.63) is 76.8 Å². The summed E-state index contributed by atoms with van der Waals surface area (Å²) in [5.74, 6) is -1.81. The van der Waals surface area contributed by atoms with Crippen molar-refractivity contribution in [2.75, 3.05) is 13.2 Å². The Morgan fingerprint density at radius 1 is 1.06 bits per heavy atom. The first-order valence-corrected chi connectivity index (χ1v) is 10.2. The van der Waals surface area contributed by atoms with Gasteiger partial charge >= 0.3 is 12.1 Å². The van der Waals surface area contributed by atoms with Gasteiger partial charge in [-0.2, -0.15) is 13.2 Å². The van der Waals surface area contributed by atoms with E-state index in [1.807, 2.05) is 31.2 Å². The molecule has 1 heterocycles. The van der Waals surface area contributed by atoms with Crippen LogP contribution in [0.15, 0.2) is 60.0 Å². The lowest BCUT2D eigenvalue weighted by Gasteiger charge is -2.23. The molecule has 9 heteroatoms. The number of rotatable bonds is 7. The zero-order chi connectivity index (χ0) is 22.4. The van der Waals surface area contributed by atoms with Crippen molar-refractivity contribution in [1.29, 1.82) is 0 Å². The number of esters is 1. The molecule has 31 heavy (non-hydrogen) atoms. The molecule has 0 saturated heterocycles. The summed E-state index contributed by atoms with van der Waals surface area (Å²) in [5, 5.41) is 2.08. The van der Waals surface area contributed by atoms with E-state index in [0.717, 1.165) is 11.1 Å². The van der Waals surface area contributed by atoms with E-state index in [-0.39, 0.29) is 12.2 Å². The van der Waals surface area contributed by atoms with Crippen molar-refractivity contribution >= 4 is 23.2 Å². The molecule has 2 aromatic carbocycles. The molecular formula is C22H19F3N2O3S. The molecule has 0 atom stereocenters. The van der Waals surface area contributed by atoms with Gasteiger partial charge in [-0.3, -0.25) is 4.79 Å². The van der Waals surface area contributed by atoms with Gasteiger partial charge in [0.25, 0.3) is 5.91 Å². The zero-order valence-corrected chi connectivity index (χ0v) is 17.4. The molecule has 0 spiro atoms. The quantitative estimate of drug-likeness (QED) is 0.484. The summed E-state index contributed by atoms with van der Waals surface area (Å²) in [6.07, 6.45) is -4.58. The van der Waals surface area contributed by atoms with Gasteiger partial charge in [-0.25, -0.2) is 9.78 Å². The third-order valence-corrected chi connectivity index (χ3v) is 5.17. The fourth-order valence-corrected chi connectivity index (χ4v) is 3.54. The van der Waals surface area contributed by atoms with E-state index >= 15 is 0 Å². The van der Waals surface area contributed by atoms with Crippen LogP contribution in [0.25, 0.3) is 10.6 Å². The lowest BCUT2D eigenvalue weighted by Crippen LogP contribution is -2.40. The van der Waals surface area contributed by atoms with Crippen molar-refractivity contribution < 1.29 is 27.5 Å². The summed E-state index contributed by atoms with van der Waals surface area (Å²) in [6.45, 7) is -0.540. The average molecular weight is 448 g/mol. The van der Waals surface area contributed by atoms with Crippen molar-refractivity contribution in [3.8, 4) is 10.6 Å². The molecule has 5 nitrogen and oxygen atoms in total.